The highest BCUT2D eigenvalue weighted by Gasteiger charge is 2.20. The van der Waals surface area contributed by atoms with Crippen LogP contribution in [0, 0.1) is 6.92 Å². The van der Waals surface area contributed by atoms with E-state index in [1.165, 1.54) is 15.9 Å². The van der Waals surface area contributed by atoms with Crippen molar-refractivity contribution in [2.45, 2.75) is 33.2 Å². The summed E-state index contributed by atoms with van der Waals surface area (Å²) in [7, 11) is 0. The van der Waals surface area contributed by atoms with Crippen molar-refractivity contribution in [2.24, 2.45) is 0 Å². The molecule has 0 aliphatic carbocycles. The van der Waals surface area contributed by atoms with E-state index in [2.05, 4.69) is 4.98 Å². The molecule has 4 nitrogen and oxygen atoms in total. The zero-order valence-corrected chi connectivity index (χ0v) is 10.6. The third kappa shape index (κ3) is 1.51. The van der Waals surface area contributed by atoms with Gasteiger partial charge in [-0.1, -0.05) is 0 Å². The average Bonchev–Trinajstić information content (AvgIpc) is 2.44. The maximum absolute atomic E-state index is 12.2. The van der Waals surface area contributed by atoms with Crippen LogP contribution >= 0.6 is 11.3 Å². The van der Waals surface area contributed by atoms with Crippen LogP contribution < -0.4 is 11.2 Å². The molecule has 0 aliphatic heterocycles. The molecule has 0 radical (unpaired) electrons. The van der Waals surface area contributed by atoms with Gasteiger partial charge >= 0.3 is 5.69 Å². The van der Waals surface area contributed by atoms with Gasteiger partial charge in [-0.3, -0.25) is 14.3 Å². The Hall–Kier alpha value is -1.36. The van der Waals surface area contributed by atoms with Crippen molar-refractivity contribution in [3.05, 3.63) is 31.8 Å². The highest BCUT2D eigenvalue weighted by molar-refractivity contribution is 7.16. The zero-order chi connectivity index (χ0) is 12.1. The summed E-state index contributed by atoms with van der Waals surface area (Å²) in [6.45, 7) is 7.41. The fourth-order valence-electron chi connectivity index (χ4n) is 1.77. The molecule has 2 rings (SSSR count). The molecular formula is C11H14N2O2S. The van der Waals surface area contributed by atoms with Gasteiger partial charge in [0, 0.05) is 5.54 Å². The van der Waals surface area contributed by atoms with Crippen LogP contribution in [0.3, 0.4) is 0 Å². The Kier molecular flexibility index (Phi) is 2.31. The van der Waals surface area contributed by atoms with E-state index in [0.717, 1.165) is 5.56 Å². The number of hydrogen-bond acceptors (Lipinski definition) is 3. The van der Waals surface area contributed by atoms with Gasteiger partial charge in [-0.25, -0.2) is 4.79 Å². The van der Waals surface area contributed by atoms with E-state index in [4.69, 9.17) is 0 Å². The largest absolute Gasteiger partial charge is 0.329 e. The standard InChI is InChI=1S/C11H14N2O2S/c1-6-5-16-8-7(6)9(14)13(10(15)12-8)11(2,3)4/h5H,1-4H3,(H,12,15). The van der Waals surface area contributed by atoms with Crippen molar-refractivity contribution < 1.29 is 0 Å². The lowest BCUT2D eigenvalue weighted by atomic mass is 10.1. The summed E-state index contributed by atoms with van der Waals surface area (Å²) in [4.78, 5) is 27.5. The summed E-state index contributed by atoms with van der Waals surface area (Å²) in [6, 6.07) is 0. The SMILES string of the molecule is Cc1csc2[nH]c(=O)n(C(C)(C)C)c(=O)c12. The minimum atomic E-state index is -0.507. The van der Waals surface area contributed by atoms with Crippen LogP contribution in [0.15, 0.2) is 15.0 Å². The number of rotatable bonds is 0. The first-order chi connectivity index (χ1) is 7.32. The smallest absolute Gasteiger partial charge is 0.298 e. The molecule has 0 saturated heterocycles. The molecule has 0 amide bonds. The molecule has 0 aromatic carbocycles. The predicted octanol–water partition coefficient (Wildman–Crippen LogP) is 1.81. The average molecular weight is 238 g/mol. The number of fused-ring (bicyclic) bond motifs is 1. The van der Waals surface area contributed by atoms with Crippen LogP contribution in [0.25, 0.3) is 10.2 Å². The summed E-state index contributed by atoms with van der Waals surface area (Å²) in [5.74, 6) is 0. The first-order valence-electron chi connectivity index (χ1n) is 5.06. The Balaban J connectivity index is 3.02. The fourth-order valence-corrected chi connectivity index (χ4v) is 2.69. The van der Waals surface area contributed by atoms with Gasteiger partial charge in [-0.15, -0.1) is 11.3 Å². The van der Waals surface area contributed by atoms with E-state index in [-0.39, 0.29) is 11.2 Å². The van der Waals surface area contributed by atoms with Gasteiger partial charge in [-0.05, 0) is 38.6 Å². The molecule has 86 valence electrons. The third-order valence-corrected chi connectivity index (χ3v) is 3.50. The van der Waals surface area contributed by atoms with Crippen molar-refractivity contribution in [2.75, 3.05) is 0 Å². The molecule has 0 saturated carbocycles. The number of aromatic amines is 1. The molecule has 5 heteroatoms. The summed E-state index contributed by atoms with van der Waals surface area (Å²) < 4.78 is 1.27. The van der Waals surface area contributed by atoms with Gasteiger partial charge in [0.1, 0.15) is 4.83 Å². The molecule has 0 spiro atoms. The lowest BCUT2D eigenvalue weighted by Gasteiger charge is -2.20. The number of aromatic nitrogens is 2. The molecule has 1 N–H and O–H groups in total. The Labute approximate surface area is 96.6 Å². The molecule has 2 heterocycles. The van der Waals surface area contributed by atoms with Crippen molar-refractivity contribution in [3.8, 4) is 0 Å². The Morgan fingerprint density at radius 1 is 1.31 bits per heavy atom. The molecule has 16 heavy (non-hydrogen) atoms. The van der Waals surface area contributed by atoms with Gasteiger partial charge in [0.2, 0.25) is 0 Å². The Morgan fingerprint density at radius 2 is 1.94 bits per heavy atom. The molecule has 0 unspecified atom stereocenters. The second kappa shape index (κ2) is 3.31. The lowest BCUT2D eigenvalue weighted by molar-refractivity contribution is 0.370. The van der Waals surface area contributed by atoms with Crippen molar-refractivity contribution in [1.82, 2.24) is 9.55 Å². The van der Waals surface area contributed by atoms with E-state index in [0.29, 0.717) is 10.2 Å². The van der Waals surface area contributed by atoms with E-state index in [9.17, 15) is 9.59 Å². The molecule has 0 bridgehead atoms. The maximum atomic E-state index is 12.2. The van der Waals surface area contributed by atoms with Crippen LogP contribution in [0.5, 0.6) is 0 Å². The van der Waals surface area contributed by atoms with Gasteiger partial charge in [0.15, 0.2) is 0 Å². The monoisotopic (exact) mass is 238 g/mol. The first-order valence-corrected chi connectivity index (χ1v) is 5.94. The van der Waals surface area contributed by atoms with E-state index < -0.39 is 5.54 Å². The van der Waals surface area contributed by atoms with Crippen molar-refractivity contribution in [1.29, 1.82) is 0 Å². The van der Waals surface area contributed by atoms with E-state index in [1.807, 2.05) is 33.1 Å². The van der Waals surface area contributed by atoms with E-state index >= 15 is 0 Å². The third-order valence-electron chi connectivity index (χ3n) is 2.49. The molecule has 0 fully saturated rings. The van der Waals surface area contributed by atoms with Gasteiger partial charge < -0.3 is 0 Å². The zero-order valence-electron chi connectivity index (χ0n) is 9.75. The predicted molar refractivity (Wildman–Crippen MR) is 66.4 cm³/mol. The fraction of sp³-hybridized carbons (Fsp3) is 0.455. The first kappa shape index (κ1) is 11.1. The van der Waals surface area contributed by atoms with Crippen LogP contribution in [0.2, 0.25) is 0 Å². The number of hydrogen-bond donors (Lipinski definition) is 1. The van der Waals surface area contributed by atoms with E-state index in [1.54, 1.807) is 0 Å². The molecule has 0 atom stereocenters. The lowest BCUT2D eigenvalue weighted by Crippen LogP contribution is -2.44. The van der Waals surface area contributed by atoms with Gasteiger partial charge in [0.25, 0.3) is 5.56 Å². The minimum absolute atomic E-state index is 0.204. The number of nitrogens with zero attached hydrogens (tertiary/aromatic N) is 1. The highest BCUT2D eigenvalue weighted by atomic mass is 32.1. The maximum Gasteiger partial charge on any atom is 0.329 e. The Bertz CT molecular complexity index is 655. The van der Waals surface area contributed by atoms with Crippen molar-refractivity contribution in [3.63, 3.8) is 0 Å². The number of aryl methyl sites for hydroxylation is 1. The minimum Gasteiger partial charge on any atom is -0.298 e. The molecule has 2 aromatic rings. The normalized spacial score (nSPS) is 12.2. The quantitative estimate of drug-likeness (QED) is 0.761. The summed E-state index contributed by atoms with van der Waals surface area (Å²) >= 11 is 1.39. The topological polar surface area (TPSA) is 54.9 Å². The Morgan fingerprint density at radius 3 is 2.50 bits per heavy atom. The second-order valence-electron chi connectivity index (χ2n) is 4.86. The second-order valence-corrected chi connectivity index (χ2v) is 5.74. The summed E-state index contributed by atoms with van der Waals surface area (Å²) in [5.41, 5.74) is -0.135. The summed E-state index contributed by atoms with van der Waals surface area (Å²) in [6.07, 6.45) is 0. The molecule has 0 aliphatic rings. The number of nitrogens with one attached hydrogen (secondary N) is 1. The van der Waals surface area contributed by atoms with Crippen LogP contribution in [-0.2, 0) is 5.54 Å². The van der Waals surface area contributed by atoms with Crippen molar-refractivity contribution >= 4 is 21.6 Å². The summed E-state index contributed by atoms with van der Waals surface area (Å²) in [5, 5.41) is 2.51. The molecule has 2 aromatic heterocycles. The number of H-pyrrole nitrogens is 1. The van der Waals surface area contributed by atoms with Crippen LogP contribution in [0.1, 0.15) is 26.3 Å². The molecular weight excluding hydrogens is 224 g/mol. The van der Waals surface area contributed by atoms with Gasteiger partial charge in [0.05, 0.1) is 5.39 Å². The highest BCUT2D eigenvalue weighted by Crippen LogP contribution is 2.19. The van der Waals surface area contributed by atoms with Crippen LogP contribution in [-0.4, -0.2) is 9.55 Å². The van der Waals surface area contributed by atoms with Gasteiger partial charge in [-0.2, -0.15) is 0 Å². The number of thiophene rings is 1. The van der Waals surface area contributed by atoms with Crippen LogP contribution in [0.4, 0.5) is 0 Å².